The van der Waals surface area contributed by atoms with Gasteiger partial charge in [0.1, 0.15) is 16.9 Å². The highest BCUT2D eigenvalue weighted by atomic mass is 16.5. The predicted octanol–water partition coefficient (Wildman–Crippen LogP) is 4.72. The first-order valence-corrected chi connectivity index (χ1v) is 8.06. The molecule has 0 spiro atoms. The zero-order valence-corrected chi connectivity index (χ0v) is 13.1. The number of furan rings is 1. The van der Waals surface area contributed by atoms with Crippen LogP contribution in [0.25, 0.3) is 21.9 Å². The number of methoxy groups -OCH3 is 1. The highest BCUT2D eigenvalue weighted by Crippen LogP contribution is 2.37. The van der Waals surface area contributed by atoms with E-state index in [2.05, 4.69) is 5.32 Å². The van der Waals surface area contributed by atoms with Crippen molar-refractivity contribution in [2.75, 3.05) is 12.4 Å². The van der Waals surface area contributed by atoms with Crippen molar-refractivity contribution in [2.24, 2.45) is 5.92 Å². The van der Waals surface area contributed by atoms with Gasteiger partial charge in [0.05, 0.1) is 12.8 Å². The van der Waals surface area contributed by atoms with Crippen molar-refractivity contribution >= 4 is 33.5 Å². The molecule has 1 saturated carbocycles. The monoisotopic (exact) mass is 309 g/mol. The highest BCUT2D eigenvalue weighted by molar-refractivity contribution is 6.07. The zero-order valence-electron chi connectivity index (χ0n) is 13.1. The summed E-state index contributed by atoms with van der Waals surface area (Å²) in [4.78, 5) is 12.4. The smallest absolute Gasteiger partial charge is 0.227 e. The summed E-state index contributed by atoms with van der Waals surface area (Å²) in [5, 5.41) is 5.06. The number of hydrogen-bond acceptors (Lipinski definition) is 3. The van der Waals surface area contributed by atoms with Gasteiger partial charge in [0, 0.05) is 22.8 Å². The van der Waals surface area contributed by atoms with Gasteiger partial charge in [-0.15, -0.1) is 0 Å². The lowest BCUT2D eigenvalue weighted by Gasteiger charge is -2.13. The summed E-state index contributed by atoms with van der Waals surface area (Å²) in [5.41, 5.74) is 2.27. The van der Waals surface area contributed by atoms with E-state index in [1.165, 1.54) is 0 Å². The van der Waals surface area contributed by atoms with Crippen molar-refractivity contribution in [1.29, 1.82) is 0 Å². The number of carbonyl (C=O) groups excluding carboxylic acids is 1. The van der Waals surface area contributed by atoms with Gasteiger partial charge in [0.2, 0.25) is 5.91 Å². The molecule has 0 aliphatic heterocycles. The summed E-state index contributed by atoms with van der Waals surface area (Å²) in [6.45, 7) is 0. The summed E-state index contributed by atoms with van der Waals surface area (Å²) in [5.74, 6) is 0.859. The van der Waals surface area contributed by atoms with E-state index in [-0.39, 0.29) is 11.8 Å². The molecule has 23 heavy (non-hydrogen) atoms. The van der Waals surface area contributed by atoms with Gasteiger partial charge >= 0.3 is 0 Å². The van der Waals surface area contributed by atoms with Crippen LogP contribution < -0.4 is 10.1 Å². The fraction of sp³-hybridized carbons (Fsp3) is 0.316. The molecule has 4 rings (SSSR count). The molecule has 2 aromatic carbocycles. The third-order valence-electron chi connectivity index (χ3n) is 4.68. The van der Waals surface area contributed by atoms with Crippen LogP contribution in [-0.4, -0.2) is 13.0 Å². The maximum absolute atomic E-state index is 12.4. The first kappa shape index (κ1) is 14.1. The number of nitrogens with one attached hydrogen (secondary N) is 1. The Labute approximate surface area is 134 Å². The van der Waals surface area contributed by atoms with E-state index in [9.17, 15) is 4.79 Å². The van der Waals surface area contributed by atoms with Gasteiger partial charge in [-0.1, -0.05) is 31.0 Å². The summed E-state index contributed by atoms with van der Waals surface area (Å²) >= 11 is 0. The maximum Gasteiger partial charge on any atom is 0.227 e. The molecule has 3 aromatic rings. The molecule has 1 heterocycles. The van der Waals surface area contributed by atoms with Crippen LogP contribution in [0.3, 0.4) is 0 Å². The second-order valence-corrected chi connectivity index (χ2v) is 6.12. The lowest BCUT2D eigenvalue weighted by molar-refractivity contribution is -0.119. The number of anilines is 1. The normalized spacial score (nSPS) is 15.3. The first-order chi connectivity index (χ1) is 11.3. The molecule has 1 amide bonds. The quantitative estimate of drug-likeness (QED) is 0.761. The Hall–Kier alpha value is -2.49. The number of rotatable bonds is 3. The van der Waals surface area contributed by atoms with Crippen molar-refractivity contribution in [3.8, 4) is 5.75 Å². The standard InChI is InChI=1S/C19H19NO3/c1-22-18-10-14-13-8-4-5-9-16(13)23-17(14)11-15(18)20-19(21)12-6-2-3-7-12/h4-5,8-12H,2-3,6-7H2,1H3,(H,20,21). The molecule has 1 aliphatic rings. The third-order valence-corrected chi connectivity index (χ3v) is 4.68. The Bertz CT molecular complexity index is 875. The fourth-order valence-electron chi connectivity index (χ4n) is 3.44. The Balaban J connectivity index is 1.76. The summed E-state index contributed by atoms with van der Waals surface area (Å²) in [6, 6.07) is 11.7. The molecule has 118 valence electrons. The Kier molecular flexibility index (Phi) is 3.45. The number of amides is 1. The van der Waals surface area contributed by atoms with Gasteiger partial charge in [-0.2, -0.15) is 0 Å². The SMILES string of the molecule is COc1cc2c(cc1NC(=O)C1CCCC1)oc1ccccc12. The van der Waals surface area contributed by atoms with Gasteiger partial charge in [-0.3, -0.25) is 4.79 Å². The molecule has 4 nitrogen and oxygen atoms in total. The molecule has 0 radical (unpaired) electrons. The second-order valence-electron chi connectivity index (χ2n) is 6.12. The second kappa shape index (κ2) is 5.61. The van der Waals surface area contributed by atoms with Gasteiger partial charge in [0.25, 0.3) is 0 Å². The topological polar surface area (TPSA) is 51.5 Å². The van der Waals surface area contributed by atoms with Crippen molar-refractivity contribution in [2.45, 2.75) is 25.7 Å². The van der Waals surface area contributed by atoms with E-state index >= 15 is 0 Å². The highest BCUT2D eigenvalue weighted by Gasteiger charge is 2.24. The maximum atomic E-state index is 12.4. The van der Waals surface area contributed by atoms with Crippen molar-refractivity contribution < 1.29 is 13.9 Å². The van der Waals surface area contributed by atoms with Crippen molar-refractivity contribution in [1.82, 2.24) is 0 Å². The van der Waals surface area contributed by atoms with Crippen LogP contribution in [0.2, 0.25) is 0 Å². The number of hydrogen-bond donors (Lipinski definition) is 1. The van der Waals surface area contributed by atoms with E-state index in [0.29, 0.717) is 11.4 Å². The molecule has 0 unspecified atom stereocenters. The summed E-state index contributed by atoms with van der Waals surface area (Å²) < 4.78 is 11.4. The molecule has 1 aliphatic carbocycles. The Morgan fingerprint density at radius 3 is 2.70 bits per heavy atom. The van der Waals surface area contributed by atoms with E-state index in [1.54, 1.807) is 7.11 Å². The molecular formula is C19H19NO3. The van der Waals surface area contributed by atoms with E-state index in [4.69, 9.17) is 9.15 Å². The number of ether oxygens (including phenoxy) is 1. The summed E-state index contributed by atoms with van der Waals surface area (Å²) in [7, 11) is 1.62. The van der Waals surface area contributed by atoms with Crippen LogP contribution in [0.5, 0.6) is 5.75 Å². The molecule has 0 atom stereocenters. The summed E-state index contributed by atoms with van der Waals surface area (Å²) in [6.07, 6.45) is 4.22. The largest absolute Gasteiger partial charge is 0.495 e. The minimum Gasteiger partial charge on any atom is -0.495 e. The Morgan fingerprint density at radius 2 is 1.91 bits per heavy atom. The zero-order chi connectivity index (χ0) is 15.8. The molecule has 0 saturated heterocycles. The van der Waals surface area contributed by atoms with Crippen LogP contribution in [0, 0.1) is 5.92 Å². The molecule has 0 bridgehead atoms. The average Bonchev–Trinajstić information content (AvgIpc) is 3.21. The minimum atomic E-state index is 0.0799. The lowest BCUT2D eigenvalue weighted by atomic mass is 10.1. The number of para-hydroxylation sites is 1. The molecular weight excluding hydrogens is 290 g/mol. The van der Waals surface area contributed by atoms with Gasteiger partial charge in [0.15, 0.2) is 0 Å². The van der Waals surface area contributed by atoms with E-state index < -0.39 is 0 Å². The minimum absolute atomic E-state index is 0.0799. The fourth-order valence-corrected chi connectivity index (χ4v) is 3.44. The molecule has 1 N–H and O–H groups in total. The van der Waals surface area contributed by atoms with Crippen LogP contribution in [0.4, 0.5) is 5.69 Å². The Morgan fingerprint density at radius 1 is 1.13 bits per heavy atom. The van der Waals surface area contributed by atoms with Gasteiger partial charge in [-0.05, 0) is 25.0 Å². The van der Waals surface area contributed by atoms with Crippen LogP contribution >= 0.6 is 0 Å². The number of carbonyl (C=O) groups is 1. The molecule has 1 aromatic heterocycles. The van der Waals surface area contributed by atoms with Crippen LogP contribution in [0.15, 0.2) is 40.8 Å². The van der Waals surface area contributed by atoms with Gasteiger partial charge < -0.3 is 14.5 Å². The lowest BCUT2D eigenvalue weighted by Crippen LogP contribution is -2.20. The van der Waals surface area contributed by atoms with Crippen molar-refractivity contribution in [3.63, 3.8) is 0 Å². The predicted molar refractivity (Wildman–Crippen MR) is 90.9 cm³/mol. The number of benzene rings is 2. The van der Waals surface area contributed by atoms with Crippen molar-refractivity contribution in [3.05, 3.63) is 36.4 Å². The molecule has 4 heteroatoms. The van der Waals surface area contributed by atoms with Crippen LogP contribution in [-0.2, 0) is 4.79 Å². The first-order valence-electron chi connectivity index (χ1n) is 8.06. The van der Waals surface area contributed by atoms with Gasteiger partial charge in [-0.25, -0.2) is 0 Å². The van der Waals surface area contributed by atoms with E-state index in [0.717, 1.165) is 47.6 Å². The molecule has 1 fully saturated rings. The van der Waals surface area contributed by atoms with Crippen LogP contribution in [0.1, 0.15) is 25.7 Å². The van der Waals surface area contributed by atoms with E-state index in [1.807, 2.05) is 36.4 Å². The third kappa shape index (κ3) is 2.44. The average molecular weight is 309 g/mol. The number of fused-ring (bicyclic) bond motifs is 3.